The van der Waals surface area contributed by atoms with Crippen molar-refractivity contribution < 1.29 is 22.5 Å². The molecule has 152 valence electrons. The lowest BCUT2D eigenvalue weighted by molar-refractivity contribution is -0.137. The van der Waals surface area contributed by atoms with Crippen LogP contribution in [0.1, 0.15) is 47.3 Å². The first-order chi connectivity index (χ1) is 13.6. The monoisotopic (exact) mass is 403 g/mol. The molecule has 3 rings (SSSR count). The van der Waals surface area contributed by atoms with Gasteiger partial charge in [-0.15, -0.1) is 0 Å². The molecule has 1 amide bonds. The van der Waals surface area contributed by atoms with E-state index in [2.05, 4.69) is 15.5 Å². The zero-order valence-electron chi connectivity index (χ0n) is 16.1. The zero-order valence-corrected chi connectivity index (χ0v) is 16.1. The van der Waals surface area contributed by atoms with Crippen LogP contribution in [0, 0.1) is 12.8 Å². The molecule has 0 aliphatic carbocycles. The van der Waals surface area contributed by atoms with E-state index in [0.717, 1.165) is 35.4 Å². The van der Waals surface area contributed by atoms with Crippen LogP contribution < -0.4 is 5.32 Å². The zero-order chi connectivity index (χ0) is 21.2. The Morgan fingerprint density at radius 1 is 1.10 bits per heavy atom. The third-order valence-corrected chi connectivity index (χ3v) is 4.41. The standard InChI is InChI=1S/C21H20F3N3O2/c1-12(2)17(20-26-18(27-29-20)15-6-4-5-13(3)11-15)25-19(28)14-7-9-16(10-8-14)21(22,23)24/h4-12,17H,1-3H3,(H,25,28). The summed E-state index contributed by atoms with van der Waals surface area (Å²) in [5.74, 6) is 0.0295. The van der Waals surface area contributed by atoms with Crippen molar-refractivity contribution in [3.05, 3.63) is 71.1 Å². The molecule has 0 aliphatic rings. The van der Waals surface area contributed by atoms with Gasteiger partial charge in [0, 0.05) is 11.1 Å². The summed E-state index contributed by atoms with van der Waals surface area (Å²) in [5, 5.41) is 6.75. The van der Waals surface area contributed by atoms with Crippen molar-refractivity contribution in [2.75, 3.05) is 0 Å². The fourth-order valence-electron chi connectivity index (χ4n) is 2.81. The summed E-state index contributed by atoms with van der Waals surface area (Å²) in [5.41, 5.74) is 1.14. The Hall–Kier alpha value is -3.16. The SMILES string of the molecule is Cc1cccc(-c2noc(C(NC(=O)c3ccc(C(F)(F)F)cc3)C(C)C)n2)c1. The molecule has 0 radical (unpaired) electrons. The number of amides is 1. The Labute approximate surface area is 165 Å². The van der Waals surface area contributed by atoms with E-state index in [-0.39, 0.29) is 17.4 Å². The van der Waals surface area contributed by atoms with E-state index < -0.39 is 23.7 Å². The minimum absolute atomic E-state index is 0.0841. The van der Waals surface area contributed by atoms with Crippen molar-refractivity contribution in [2.45, 2.75) is 33.0 Å². The van der Waals surface area contributed by atoms with Crippen molar-refractivity contribution in [2.24, 2.45) is 5.92 Å². The number of hydrogen-bond acceptors (Lipinski definition) is 4. The second-order valence-electron chi connectivity index (χ2n) is 7.10. The highest BCUT2D eigenvalue weighted by Gasteiger charge is 2.30. The highest BCUT2D eigenvalue weighted by molar-refractivity contribution is 5.94. The molecule has 29 heavy (non-hydrogen) atoms. The van der Waals surface area contributed by atoms with Gasteiger partial charge in [-0.3, -0.25) is 4.79 Å². The van der Waals surface area contributed by atoms with Crippen LogP contribution in [-0.2, 0) is 6.18 Å². The minimum Gasteiger partial charge on any atom is -0.340 e. The van der Waals surface area contributed by atoms with Crippen LogP contribution in [0.25, 0.3) is 11.4 Å². The number of carbonyl (C=O) groups excluding carboxylic acids is 1. The number of hydrogen-bond donors (Lipinski definition) is 1. The Balaban J connectivity index is 1.79. The fourth-order valence-corrected chi connectivity index (χ4v) is 2.81. The third-order valence-electron chi connectivity index (χ3n) is 4.41. The molecule has 5 nitrogen and oxygen atoms in total. The minimum atomic E-state index is -4.45. The maximum atomic E-state index is 12.7. The quantitative estimate of drug-likeness (QED) is 0.637. The second-order valence-corrected chi connectivity index (χ2v) is 7.10. The topological polar surface area (TPSA) is 68.0 Å². The van der Waals surface area contributed by atoms with Crippen molar-refractivity contribution in [3.8, 4) is 11.4 Å². The summed E-state index contributed by atoms with van der Waals surface area (Å²) < 4.78 is 43.4. The smallest absolute Gasteiger partial charge is 0.340 e. The van der Waals surface area contributed by atoms with E-state index in [4.69, 9.17) is 4.52 Å². The molecule has 3 aromatic rings. The van der Waals surface area contributed by atoms with Gasteiger partial charge in [-0.2, -0.15) is 18.2 Å². The highest BCUT2D eigenvalue weighted by Crippen LogP contribution is 2.29. The number of benzene rings is 2. The molecule has 1 atom stereocenters. The van der Waals surface area contributed by atoms with Gasteiger partial charge in [0.25, 0.3) is 5.91 Å². The number of carbonyl (C=O) groups is 1. The molecular weight excluding hydrogens is 383 g/mol. The summed E-state index contributed by atoms with van der Waals surface area (Å²) >= 11 is 0. The first kappa shape index (κ1) is 20.6. The highest BCUT2D eigenvalue weighted by atomic mass is 19.4. The number of aryl methyl sites for hydroxylation is 1. The van der Waals surface area contributed by atoms with Crippen molar-refractivity contribution >= 4 is 5.91 Å². The van der Waals surface area contributed by atoms with E-state index in [0.29, 0.717) is 5.82 Å². The molecule has 2 aromatic carbocycles. The van der Waals surface area contributed by atoms with Crippen LogP contribution in [-0.4, -0.2) is 16.0 Å². The van der Waals surface area contributed by atoms with Crippen LogP contribution in [0.15, 0.2) is 53.1 Å². The van der Waals surface area contributed by atoms with E-state index in [1.807, 2.05) is 45.0 Å². The first-order valence-electron chi connectivity index (χ1n) is 9.04. The number of halogens is 3. The number of nitrogens with zero attached hydrogens (tertiary/aromatic N) is 2. The van der Waals surface area contributed by atoms with E-state index in [1.54, 1.807) is 0 Å². The molecule has 8 heteroatoms. The molecular formula is C21H20F3N3O2. The van der Waals surface area contributed by atoms with Gasteiger partial charge in [-0.05, 0) is 43.2 Å². The number of rotatable bonds is 5. The third kappa shape index (κ3) is 4.82. The van der Waals surface area contributed by atoms with Crippen LogP contribution in [0.4, 0.5) is 13.2 Å². The van der Waals surface area contributed by atoms with E-state index in [1.165, 1.54) is 0 Å². The van der Waals surface area contributed by atoms with Gasteiger partial charge in [0.15, 0.2) is 0 Å². The van der Waals surface area contributed by atoms with Crippen molar-refractivity contribution in [1.29, 1.82) is 0 Å². The molecule has 1 heterocycles. The lowest BCUT2D eigenvalue weighted by atomic mass is 10.0. The predicted octanol–water partition coefficient (Wildman–Crippen LogP) is 5.19. The largest absolute Gasteiger partial charge is 0.416 e. The molecule has 1 N–H and O–H groups in total. The van der Waals surface area contributed by atoms with Gasteiger partial charge in [-0.1, -0.05) is 42.8 Å². The molecule has 0 saturated carbocycles. The summed E-state index contributed by atoms with van der Waals surface area (Å²) in [6, 6.07) is 11.0. The number of aromatic nitrogens is 2. The second kappa shape index (κ2) is 8.06. The van der Waals surface area contributed by atoms with Gasteiger partial charge < -0.3 is 9.84 Å². The van der Waals surface area contributed by atoms with Crippen LogP contribution >= 0.6 is 0 Å². The van der Waals surface area contributed by atoms with E-state index >= 15 is 0 Å². The van der Waals surface area contributed by atoms with Gasteiger partial charge >= 0.3 is 6.18 Å². The number of nitrogens with one attached hydrogen (secondary N) is 1. The number of alkyl halides is 3. The average molecular weight is 403 g/mol. The van der Waals surface area contributed by atoms with Gasteiger partial charge in [0.1, 0.15) is 6.04 Å². The molecule has 1 unspecified atom stereocenters. The summed E-state index contributed by atoms with van der Waals surface area (Å²) in [7, 11) is 0. The molecule has 0 fully saturated rings. The predicted molar refractivity (Wildman–Crippen MR) is 101 cm³/mol. The average Bonchev–Trinajstić information content (AvgIpc) is 3.15. The maximum absolute atomic E-state index is 12.7. The Bertz CT molecular complexity index is 995. The molecule has 0 bridgehead atoms. The van der Waals surface area contributed by atoms with Crippen LogP contribution in [0.2, 0.25) is 0 Å². The molecule has 1 aromatic heterocycles. The van der Waals surface area contributed by atoms with Crippen LogP contribution in [0.3, 0.4) is 0 Å². The van der Waals surface area contributed by atoms with Gasteiger partial charge in [0.05, 0.1) is 5.56 Å². The first-order valence-corrected chi connectivity index (χ1v) is 9.04. The molecule has 0 spiro atoms. The Kier molecular flexibility index (Phi) is 5.72. The van der Waals surface area contributed by atoms with Crippen molar-refractivity contribution in [3.63, 3.8) is 0 Å². The lowest BCUT2D eigenvalue weighted by Gasteiger charge is -2.18. The summed E-state index contributed by atoms with van der Waals surface area (Å²) in [6.45, 7) is 5.69. The lowest BCUT2D eigenvalue weighted by Crippen LogP contribution is -2.32. The van der Waals surface area contributed by atoms with Gasteiger partial charge in [-0.25, -0.2) is 0 Å². The normalized spacial score (nSPS) is 12.8. The van der Waals surface area contributed by atoms with Crippen LogP contribution in [0.5, 0.6) is 0 Å². The summed E-state index contributed by atoms with van der Waals surface area (Å²) in [6.07, 6.45) is -4.45. The molecule has 0 aliphatic heterocycles. The Morgan fingerprint density at radius 2 is 1.79 bits per heavy atom. The fraction of sp³-hybridized carbons (Fsp3) is 0.286. The van der Waals surface area contributed by atoms with Crippen molar-refractivity contribution in [1.82, 2.24) is 15.5 Å². The van der Waals surface area contributed by atoms with Gasteiger partial charge in [0.2, 0.25) is 11.7 Å². The molecule has 0 saturated heterocycles. The maximum Gasteiger partial charge on any atom is 0.416 e. The summed E-state index contributed by atoms with van der Waals surface area (Å²) in [4.78, 5) is 16.9. The van der Waals surface area contributed by atoms with E-state index in [9.17, 15) is 18.0 Å². The Morgan fingerprint density at radius 3 is 2.38 bits per heavy atom.